The second kappa shape index (κ2) is 8.27. The molecular weight excluding hydrogens is 418 g/mol. The van der Waals surface area contributed by atoms with E-state index >= 15 is 0 Å². The van der Waals surface area contributed by atoms with Gasteiger partial charge in [-0.3, -0.25) is 9.59 Å². The number of aromatic amines is 1. The van der Waals surface area contributed by atoms with Gasteiger partial charge in [0.1, 0.15) is 5.82 Å². The molecule has 28 heavy (non-hydrogen) atoms. The number of para-hydroxylation sites is 1. The van der Waals surface area contributed by atoms with Crippen molar-refractivity contribution in [2.45, 2.75) is 44.7 Å². The normalized spacial score (nSPS) is 14.9. The molecule has 0 saturated heterocycles. The molecule has 0 unspecified atom stereocenters. The number of benzene rings is 2. The van der Waals surface area contributed by atoms with Crippen molar-refractivity contribution in [3.63, 3.8) is 0 Å². The highest BCUT2D eigenvalue weighted by molar-refractivity contribution is 9.10. The zero-order chi connectivity index (χ0) is 19.5. The maximum absolute atomic E-state index is 13.3. The Hall–Kier alpha value is -2.47. The summed E-state index contributed by atoms with van der Waals surface area (Å²) in [5.74, 6) is 0.509. The molecule has 0 aliphatic heterocycles. The average molecular weight is 440 g/mol. The van der Waals surface area contributed by atoms with Gasteiger partial charge < -0.3 is 9.88 Å². The van der Waals surface area contributed by atoms with Gasteiger partial charge in [0.05, 0.1) is 17.4 Å². The van der Waals surface area contributed by atoms with Crippen LogP contribution in [-0.4, -0.2) is 26.8 Å². The van der Waals surface area contributed by atoms with Gasteiger partial charge in [0.15, 0.2) is 0 Å². The van der Waals surface area contributed by atoms with Crippen LogP contribution < -0.4 is 5.56 Å². The molecule has 1 aromatic heterocycles. The first-order valence-corrected chi connectivity index (χ1v) is 10.5. The zero-order valence-electron chi connectivity index (χ0n) is 15.5. The van der Waals surface area contributed by atoms with Crippen LogP contribution in [0.4, 0.5) is 0 Å². The fourth-order valence-corrected chi connectivity index (χ4v) is 4.15. The Kier molecular flexibility index (Phi) is 5.57. The van der Waals surface area contributed by atoms with Crippen molar-refractivity contribution < 1.29 is 4.79 Å². The van der Waals surface area contributed by atoms with Crippen molar-refractivity contribution in [2.24, 2.45) is 0 Å². The molecule has 1 aliphatic carbocycles. The van der Waals surface area contributed by atoms with Crippen LogP contribution in [0.5, 0.6) is 0 Å². The zero-order valence-corrected chi connectivity index (χ0v) is 17.1. The highest BCUT2D eigenvalue weighted by atomic mass is 79.9. The Labute approximate surface area is 171 Å². The van der Waals surface area contributed by atoms with Crippen molar-refractivity contribution in [3.05, 3.63) is 74.7 Å². The van der Waals surface area contributed by atoms with Crippen molar-refractivity contribution in [2.75, 3.05) is 0 Å². The maximum atomic E-state index is 13.3. The van der Waals surface area contributed by atoms with Crippen LogP contribution in [0, 0.1) is 0 Å². The minimum absolute atomic E-state index is 0.0183. The topological polar surface area (TPSA) is 66.1 Å². The second-order valence-electron chi connectivity index (χ2n) is 7.26. The molecule has 1 fully saturated rings. The molecule has 4 rings (SSSR count). The van der Waals surface area contributed by atoms with Gasteiger partial charge in [-0.05, 0) is 49.2 Å². The van der Waals surface area contributed by atoms with Gasteiger partial charge in [-0.1, -0.05) is 47.3 Å². The van der Waals surface area contributed by atoms with Crippen LogP contribution in [0.15, 0.2) is 57.8 Å². The van der Waals surface area contributed by atoms with E-state index in [1.54, 1.807) is 6.07 Å². The predicted molar refractivity (Wildman–Crippen MR) is 113 cm³/mol. The first kappa shape index (κ1) is 18.9. The summed E-state index contributed by atoms with van der Waals surface area (Å²) in [4.78, 5) is 35.1. The summed E-state index contributed by atoms with van der Waals surface area (Å²) < 4.78 is 0.939. The molecular formula is C22H22BrN3O2. The number of H-pyrrole nitrogens is 1. The van der Waals surface area contributed by atoms with E-state index < -0.39 is 0 Å². The molecule has 1 N–H and O–H groups in total. The quantitative estimate of drug-likeness (QED) is 0.642. The number of nitrogens with one attached hydrogen (secondary N) is 1. The summed E-state index contributed by atoms with van der Waals surface area (Å²) in [6.07, 6.45) is 5.43. The van der Waals surface area contributed by atoms with E-state index in [2.05, 4.69) is 25.9 Å². The van der Waals surface area contributed by atoms with E-state index in [0.717, 1.165) is 30.2 Å². The Morgan fingerprint density at radius 3 is 2.54 bits per heavy atom. The highest BCUT2D eigenvalue weighted by Gasteiger charge is 2.27. The van der Waals surface area contributed by atoms with Crippen molar-refractivity contribution >= 4 is 32.7 Å². The van der Waals surface area contributed by atoms with Gasteiger partial charge in [0.25, 0.3) is 11.5 Å². The van der Waals surface area contributed by atoms with Crippen LogP contribution >= 0.6 is 15.9 Å². The molecule has 144 valence electrons. The standard InChI is InChI=1S/C22H22BrN3O2/c23-16-12-10-15(11-13-16)22(28)26(17-6-2-1-3-7-17)14-20-24-19-9-5-4-8-18(19)21(27)25-20/h4-5,8-13,17H,1-3,6-7,14H2,(H,24,25,27). The average Bonchev–Trinajstić information content (AvgIpc) is 2.73. The van der Waals surface area contributed by atoms with E-state index in [9.17, 15) is 9.59 Å². The van der Waals surface area contributed by atoms with Gasteiger partial charge in [-0.2, -0.15) is 0 Å². The minimum Gasteiger partial charge on any atom is -0.328 e. The van der Waals surface area contributed by atoms with Gasteiger partial charge in [0.2, 0.25) is 0 Å². The maximum Gasteiger partial charge on any atom is 0.258 e. The number of rotatable bonds is 4. The van der Waals surface area contributed by atoms with Gasteiger partial charge in [0, 0.05) is 16.1 Å². The summed E-state index contributed by atoms with van der Waals surface area (Å²) in [7, 11) is 0. The van der Waals surface area contributed by atoms with E-state index in [1.807, 2.05) is 47.4 Å². The lowest BCUT2D eigenvalue weighted by Crippen LogP contribution is -2.41. The Balaban J connectivity index is 1.68. The third-order valence-corrected chi connectivity index (χ3v) is 5.88. The molecule has 2 aromatic carbocycles. The van der Waals surface area contributed by atoms with Gasteiger partial charge in [-0.15, -0.1) is 0 Å². The smallest absolute Gasteiger partial charge is 0.258 e. The Bertz CT molecular complexity index is 1040. The predicted octanol–water partition coefficient (Wildman–Crippen LogP) is 4.66. The molecule has 0 atom stereocenters. The summed E-state index contributed by atoms with van der Waals surface area (Å²) in [6, 6.07) is 14.9. The number of nitrogens with zero attached hydrogens (tertiary/aromatic N) is 2. The number of halogens is 1. The van der Waals surface area contributed by atoms with Crippen LogP contribution in [0.2, 0.25) is 0 Å². The fourth-order valence-electron chi connectivity index (χ4n) is 3.89. The van der Waals surface area contributed by atoms with E-state index in [1.165, 1.54) is 6.42 Å². The lowest BCUT2D eigenvalue weighted by Gasteiger charge is -2.34. The largest absolute Gasteiger partial charge is 0.328 e. The number of carbonyl (C=O) groups is 1. The fraction of sp³-hybridized carbons (Fsp3) is 0.318. The molecule has 1 amide bonds. The SMILES string of the molecule is O=C(c1ccc(Br)cc1)N(Cc1nc2ccccc2c(=O)[nH]1)C1CCCCC1. The van der Waals surface area contributed by atoms with Crippen molar-refractivity contribution in [1.29, 1.82) is 0 Å². The van der Waals surface area contributed by atoms with Gasteiger partial charge in [-0.25, -0.2) is 4.98 Å². The molecule has 5 nitrogen and oxygen atoms in total. The van der Waals surface area contributed by atoms with Crippen molar-refractivity contribution in [1.82, 2.24) is 14.9 Å². The number of carbonyl (C=O) groups excluding carboxylic acids is 1. The third kappa shape index (κ3) is 4.02. The molecule has 1 aliphatic rings. The first-order chi connectivity index (χ1) is 13.6. The summed E-state index contributed by atoms with van der Waals surface area (Å²) >= 11 is 3.42. The number of aromatic nitrogens is 2. The molecule has 3 aromatic rings. The molecule has 1 heterocycles. The van der Waals surface area contributed by atoms with E-state index in [-0.39, 0.29) is 17.5 Å². The summed E-state index contributed by atoms with van der Waals surface area (Å²) in [5, 5.41) is 0.565. The molecule has 0 bridgehead atoms. The van der Waals surface area contributed by atoms with Gasteiger partial charge >= 0.3 is 0 Å². The lowest BCUT2D eigenvalue weighted by molar-refractivity contribution is 0.0607. The van der Waals surface area contributed by atoms with Crippen LogP contribution in [0.25, 0.3) is 10.9 Å². The van der Waals surface area contributed by atoms with Crippen molar-refractivity contribution in [3.8, 4) is 0 Å². The molecule has 1 saturated carbocycles. The van der Waals surface area contributed by atoms with E-state index in [0.29, 0.717) is 28.8 Å². The number of hydrogen-bond donors (Lipinski definition) is 1. The number of amides is 1. The number of hydrogen-bond acceptors (Lipinski definition) is 3. The lowest BCUT2D eigenvalue weighted by atomic mass is 9.93. The van der Waals surface area contributed by atoms with Crippen LogP contribution in [0.3, 0.4) is 0 Å². The van der Waals surface area contributed by atoms with E-state index in [4.69, 9.17) is 0 Å². The van der Waals surface area contributed by atoms with Crippen LogP contribution in [0.1, 0.15) is 48.3 Å². The van der Waals surface area contributed by atoms with Crippen LogP contribution in [-0.2, 0) is 6.54 Å². The minimum atomic E-state index is -0.166. The summed E-state index contributed by atoms with van der Waals surface area (Å²) in [5.41, 5.74) is 1.14. The highest BCUT2D eigenvalue weighted by Crippen LogP contribution is 2.25. The Morgan fingerprint density at radius 1 is 1.07 bits per heavy atom. The molecule has 6 heteroatoms. The monoisotopic (exact) mass is 439 g/mol. The third-order valence-electron chi connectivity index (χ3n) is 5.35. The molecule has 0 spiro atoms. The second-order valence-corrected chi connectivity index (χ2v) is 8.18. The summed E-state index contributed by atoms with van der Waals surface area (Å²) in [6.45, 7) is 0.305. The Morgan fingerprint density at radius 2 is 1.79 bits per heavy atom. The number of fused-ring (bicyclic) bond motifs is 1. The first-order valence-electron chi connectivity index (χ1n) is 9.66. The molecule has 0 radical (unpaired) electrons.